The van der Waals surface area contributed by atoms with E-state index in [-0.39, 0.29) is 30.9 Å². The lowest BCUT2D eigenvalue weighted by atomic mass is 10.00. The fourth-order valence-corrected chi connectivity index (χ4v) is 3.40. The summed E-state index contributed by atoms with van der Waals surface area (Å²) in [6, 6.07) is 2.74. The van der Waals surface area contributed by atoms with Crippen molar-refractivity contribution in [1.82, 2.24) is 20.4 Å². The molecule has 2 aliphatic rings. The number of halogens is 2. The number of hydrogen-bond donors (Lipinski definition) is 3. The smallest absolute Gasteiger partial charge is 0.0711 e. The first-order chi connectivity index (χ1) is 9.22. The Morgan fingerprint density at radius 2 is 2.00 bits per heavy atom. The van der Waals surface area contributed by atoms with Crippen LogP contribution in [0.5, 0.6) is 0 Å². The molecule has 0 unspecified atom stereocenters. The fourth-order valence-electron chi connectivity index (χ4n) is 3.40. The second-order valence-electron chi connectivity index (χ2n) is 6.01. The molecule has 0 aliphatic carbocycles. The van der Waals surface area contributed by atoms with Crippen molar-refractivity contribution in [3.05, 3.63) is 17.5 Å². The SMILES string of the molecule is Cc1cc(C[C@@H]2CN(C3CCNCC3)C[C@H]2O)n[nH]1.Cl.Cl. The van der Waals surface area contributed by atoms with Crippen LogP contribution in [0.1, 0.15) is 24.2 Å². The Balaban J connectivity index is 0.00000110. The van der Waals surface area contributed by atoms with E-state index < -0.39 is 0 Å². The molecule has 0 bridgehead atoms. The topological polar surface area (TPSA) is 64.2 Å². The zero-order valence-electron chi connectivity index (χ0n) is 12.4. The number of hydrogen-bond acceptors (Lipinski definition) is 4. The van der Waals surface area contributed by atoms with Gasteiger partial charge in [0.1, 0.15) is 0 Å². The number of aliphatic hydroxyl groups excluding tert-OH is 1. The van der Waals surface area contributed by atoms with Crippen molar-refractivity contribution in [3.63, 3.8) is 0 Å². The molecule has 0 spiro atoms. The van der Waals surface area contributed by atoms with E-state index in [9.17, 15) is 5.11 Å². The molecule has 7 heteroatoms. The average Bonchev–Trinajstić information content (AvgIpc) is 2.98. The number of nitrogens with zero attached hydrogens (tertiary/aromatic N) is 2. The Labute approximate surface area is 138 Å². The van der Waals surface area contributed by atoms with Gasteiger partial charge >= 0.3 is 0 Å². The van der Waals surface area contributed by atoms with Crippen LogP contribution in [0.3, 0.4) is 0 Å². The van der Waals surface area contributed by atoms with Crippen molar-refractivity contribution in [3.8, 4) is 0 Å². The number of likely N-dealkylation sites (tertiary alicyclic amines) is 1. The molecular formula is C14H26Cl2N4O. The van der Waals surface area contributed by atoms with Gasteiger partial charge in [0.25, 0.3) is 0 Å². The number of aromatic amines is 1. The molecule has 122 valence electrons. The molecule has 2 saturated heterocycles. The van der Waals surface area contributed by atoms with E-state index in [0.717, 1.165) is 44.0 Å². The van der Waals surface area contributed by atoms with Gasteiger partial charge in [-0.15, -0.1) is 24.8 Å². The van der Waals surface area contributed by atoms with Gasteiger partial charge in [-0.3, -0.25) is 10.00 Å². The molecular weight excluding hydrogens is 311 g/mol. The van der Waals surface area contributed by atoms with Crippen LogP contribution < -0.4 is 5.32 Å². The number of aliphatic hydroxyl groups is 1. The van der Waals surface area contributed by atoms with Crippen LogP contribution in [0, 0.1) is 12.8 Å². The van der Waals surface area contributed by atoms with Crippen molar-refractivity contribution < 1.29 is 5.11 Å². The maximum Gasteiger partial charge on any atom is 0.0711 e. The molecule has 3 N–H and O–H groups in total. The van der Waals surface area contributed by atoms with E-state index in [1.165, 1.54) is 12.8 Å². The van der Waals surface area contributed by atoms with Crippen LogP contribution in [0.4, 0.5) is 0 Å². The standard InChI is InChI=1S/C14H24N4O.2ClH/c1-10-6-12(17-16-10)7-11-8-18(9-14(11)19)13-2-4-15-5-3-13;;/h6,11,13-15,19H,2-5,7-9H2,1H3,(H,16,17);2*1H/t11-,14-;;/m1../s1. The molecule has 3 rings (SSSR count). The lowest BCUT2D eigenvalue weighted by Crippen LogP contribution is -2.42. The molecule has 21 heavy (non-hydrogen) atoms. The highest BCUT2D eigenvalue weighted by Gasteiger charge is 2.35. The minimum Gasteiger partial charge on any atom is -0.391 e. The van der Waals surface area contributed by atoms with Crippen molar-refractivity contribution in [2.75, 3.05) is 26.2 Å². The molecule has 5 nitrogen and oxygen atoms in total. The number of nitrogens with one attached hydrogen (secondary N) is 2. The molecule has 0 aromatic carbocycles. The van der Waals surface area contributed by atoms with Crippen LogP contribution in [0.25, 0.3) is 0 Å². The highest BCUT2D eigenvalue weighted by molar-refractivity contribution is 5.85. The molecule has 1 aromatic rings. The van der Waals surface area contributed by atoms with E-state index in [2.05, 4.69) is 26.5 Å². The first-order valence-electron chi connectivity index (χ1n) is 7.36. The zero-order chi connectivity index (χ0) is 13.2. The van der Waals surface area contributed by atoms with Gasteiger partial charge in [0, 0.05) is 30.7 Å². The van der Waals surface area contributed by atoms with Crippen molar-refractivity contribution in [2.24, 2.45) is 5.92 Å². The molecule has 2 atom stereocenters. The summed E-state index contributed by atoms with van der Waals surface area (Å²) in [5.41, 5.74) is 2.17. The van der Waals surface area contributed by atoms with Crippen molar-refractivity contribution >= 4 is 24.8 Å². The number of aryl methyl sites for hydroxylation is 1. The number of β-amino-alcohol motifs (C(OH)–C–C–N with tert-alkyl or cyclic N) is 1. The number of piperidine rings is 1. The minimum absolute atomic E-state index is 0. The average molecular weight is 337 g/mol. The predicted octanol–water partition coefficient (Wildman–Crippen LogP) is 1.15. The maximum atomic E-state index is 10.3. The molecule has 2 aliphatic heterocycles. The van der Waals surface area contributed by atoms with Crippen LogP contribution in [0.2, 0.25) is 0 Å². The monoisotopic (exact) mass is 336 g/mol. The summed E-state index contributed by atoms with van der Waals surface area (Å²) >= 11 is 0. The summed E-state index contributed by atoms with van der Waals surface area (Å²) < 4.78 is 0. The van der Waals surface area contributed by atoms with E-state index in [4.69, 9.17) is 0 Å². The summed E-state index contributed by atoms with van der Waals surface area (Å²) in [6.07, 6.45) is 3.10. The van der Waals surface area contributed by atoms with Gasteiger partial charge in [0.05, 0.1) is 11.8 Å². The molecule has 2 fully saturated rings. The van der Waals surface area contributed by atoms with Gasteiger partial charge < -0.3 is 10.4 Å². The van der Waals surface area contributed by atoms with E-state index in [1.807, 2.05) is 6.92 Å². The van der Waals surface area contributed by atoms with Gasteiger partial charge in [0.15, 0.2) is 0 Å². The minimum atomic E-state index is -0.202. The Morgan fingerprint density at radius 1 is 1.29 bits per heavy atom. The fraction of sp³-hybridized carbons (Fsp3) is 0.786. The Bertz CT molecular complexity index is 423. The summed E-state index contributed by atoms with van der Waals surface area (Å²) in [6.45, 7) is 6.08. The van der Waals surface area contributed by atoms with Crippen LogP contribution in [0.15, 0.2) is 6.07 Å². The zero-order valence-corrected chi connectivity index (χ0v) is 14.1. The van der Waals surface area contributed by atoms with Gasteiger partial charge in [0.2, 0.25) is 0 Å². The van der Waals surface area contributed by atoms with E-state index >= 15 is 0 Å². The van der Waals surface area contributed by atoms with Crippen LogP contribution in [-0.4, -0.2) is 58.5 Å². The Morgan fingerprint density at radius 3 is 2.62 bits per heavy atom. The number of rotatable bonds is 3. The summed E-state index contributed by atoms with van der Waals surface area (Å²) in [5.74, 6) is 0.331. The Kier molecular flexibility index (Phi) is 7.44. The summed E-state index contributed by atoms with van der Waals surface area (Å²) in [7, 11) is 0. The second kappa shape index (κ2) is 8.34. The molecule has 0 amide bonds. The first-order valence-corrected chi connectivity index (χ1v) is 7.36. The molecule has 0 radical (unpaired) electrons. The molecule has 0 saturated carbocycles. The summed E-state index contributed by atoms with van der Waals surface area (Å²) in [5, 5.41) is 20.9. The predicted molar refractivity (Wildman–Crippen MR) is 88.5 cm³/mol. The molecule has 3 heterocycles. The van der Waals surface area contributed by atoms with Gasteiger partial charge in [-0.1, -0.05) is 0 Å². The van der Waals surface area contributed by atoms with E-state index in [0.29, 0.717) is 12.0 Å². The van der Waals surface area contributed by atoms with Crippen molar-refractivity contribution in [2.45, 2.75) is 38.3 Å². The van der Waals surface area contributed by atoms with Crippen molar-refractivity contribution in [1.29, 1.82) is 0 Å². The van der Waals surface area contributed by atoms with E-state index in [1.54, 1.807) is 0 Å². The quantitative estimate of drug-likeness (QED) is 0.774. The maximum absolute atomic E-state index is 10.3. The normalized spacial score (nSPS) is 27.1. The third kappa shape index (κ3) is 4.57. The molecule has 1 aromatic heterocycles. The highest BCUT2D eigenvalue weighted by atomic mass is 35.5. The van der Waals surface area contributed by atoms with Gasteiger partial charge in [-0.2, -0.15) is 5.10 Å². The largest absolute Gasteiger partial charge is 0.391 e. The lowest BCUT2D eigenvalue weighted by molar-refractivity contribution is 0.130. The first kappa shape index (κ1) is 18.7. The van der Waals surface area contributed by atoms with Crippen LogP contribution >= 0.6 is 24.8 Å². The second-order valence-corrected chi connectivity index (χ2v) is 6.01. The van der Waals surface area contributed by atoms with Gasteiger partial charge in [-0.05, 0) is 45.3 Å². The third-order valence-electron chi connectivity index (χ3n) is 4.49. The highest BCUT2D eigenvalue weighted by Crippen LogP contribution is 2.25. The van der Waals surface area contributed by atoms with Crippen LogP contribution in [-0.2, 0) is 6.42 Å². The number of aromatic nitrogens is 2. The Hall–Kier alpha value is -0.330. The third-order valence-corrected chi connectivity index (χ3v) is 4.49. The van der Waals surface area contributed by atoms with Gasteiger partial charge in [-0.25, -0.2) is 0 Å². The summed E-state index contributed by atoms with van der Waals surface area (Å²) in [4.78, 5) is 2.48. The lowest BCUT2D eigenvalue weighted by Gasteiger charge is -2.31. The number of H-pyrrole nitrogens is 1.